The number of likely N-dealkylation sites (tertiary alicyclic amines) is 1. The Kier molecular flexibility index (Phi) is 3.95. The first-order valence-corrected chi connectivity index (χ1v) is 6.71. The van der Waals surface area contributed by atoms with Gasteiger partial charge in [0.25, 0.3) is 0 Å². The van der Waals surface area contributed by atoms with Crippen LogP contribution in [-0.2, 0) is 0 Å². The summed E-state index contributed by atoms with van der Waals surface area (Å²) in [5.74, 6) is 0. The van der Waals surface area contributed by atoms with E-state index in [4.69, 9.17) is 11.6 Å². The Morgan fingerprint density at radius 2 is 2.18 bits per heavy atom. The number of hydrogen-bond donors (Lipinski definition) is 1. The summed E-state index contributed by atoms with van der Waals surface area (Å²) < 4.78 is 0. The number of hydrogen-bond acceptors (Lipinski definition) is 2. The van der Waals surface area contributed by atoms with Gasteiger partial charge in [-0.2, -0.15) is 0 Å². The summed E-state index contributed by atoms with van der Waals surface area (Å²) in [6, 6.07) is 7.25. The van der Waals surface area contributed by atoms with Crippen LogP contribution in [0.25, 0.3) is 0 Å². The van der Waals surface area contributed by atoms with E-state index < -0.39 is 0 Å². The van der Waals surface area contributed by atoms with Gasteiger partial charge in [0.15, 0.2) is 0 Å². The van der Waals surface area contributed by atoms with Crippen molar-refractivity contribution >= 4 is 17.3 Å². The molecule has 1 N–H and O–H groups in total. The number of benzene rings is 1. The van der Waals surface area contributed by atoms with Gasteiger partial charge in [0, 0.05) is 35.9 Å². The molecule has 1 atom stereocenters. The molecule has 2 rings (SSSR count). The van der Waals surface area contributed by atoms with E-state index >= 15 is 0 Å². The molecule has 17 heavy (non-hydrogen) atoms. The highest BCUT2D eigenvalue weighted by atomic mass is 35.5. The number of halogens is 1. The van der Waals surface area contributed by atoms with E-state index in [0.29, 0.717) is 12.1 Å². The molecular weight excluding hydrogens is 232 g/mol. The van der Waals surface area contributed by atoms with Crippen LogP contribution in [0.5, 0.6) is 0 Å². The average Bonchev–Trinajstić information content (AvgIpc) is 2.73. The van der Waals surface area contributed by atoms with E-state index in [0.717, 1.165) is 17.1 Å². The summed E-state index contributed by atoms with van der Waals surface area (Å²) in [7, 11) is 0. The fourth-order valence-electron chi connectivity index (χ4n) is 2.36. The van der Waals surface area contributed by atoms with Crippen LogP contribution in [-0.4, -0.2) is 30.1 Å². The minimum Gasteiger partial charge on any atom is -0.381 e. The summed E-state index contributed by atoms with van der Waals surface area (Å²) in [5.41, 5.74) is 2.32. The van der Waals surface area contributed by atoms with Crippen LogP contribution in [0.1, 0.15) is 25.8 Å². The summed E-state index contributed by atoms with van der Waals surface area (Å²) in [6.07, 6.45) is 1.21. The molecule has 1 heterocycles. The Morgan fingerprint density at radius 3 is 2.82 bits per heavy atom. The Labute approximate surface area is 109 Å². The van der Waals surface area contributed by atoms with Crippen molar-refractivity contribution in [2.45, 2.75) is 39.3 Å². The molecule has 0 aromatic heterocycles. The van der Waals surface area contributed by atoms with E-state index in [1.807, 2.05) is 12.1 Å². The van der Waals surface area contributed by atoms with Crippen molar-refractivity contribution in [1.29, 1.82) is 0 Å². The Morgan fingerprint density at radius 1 is 1.41 bits per heavy atom. The summed E-state index contributed by atoms with van der Waals surface area (Å²) in [5, 5.41) is 4.45. The lowest BCUT2D eigenvalue weighted by atomic mass is 10.1. The zero-order chi connectivity index (χ0) is 12.4. The van der Waals surface area contributed by atoms with Crippen molar-refractivity contribution in [3.63, 3.8) is 0 Å². The van der Waals surface area contributed by atoms with E-state index in [-0.39, 0.29) is 0 Å². The predicted octanol–water partition coefficient (Wildman–Crippen LogP) is 3.54. The summed E-state index contributed by atoms with van der Waals surface area (Å²) in [6.45, 7) is 8.90. The molecule has 1 aliphatic rings. The number of anilines is 1. The molecule has 3 heteroatoms. The lowest BCUT2D eigenvalue weighted by molar-refractivity contribution is 0.274. The van der Waals surface area contributed by atoms with Crippen molar-refractivity contribution in [2.24, 2.45) is 0 Å². The molecule has 2 nitrogen and oxygen atoms in total. The van der Waals surface area contributed by atoms with Gasteiger partial charge in [-0.3, -0.25) is 4.90 Å². The fourth-order valence-corrected chi connectivity index (χ4v) is 2.53. The molecular formula is C14H21ClN2. The van der Waals surface area contributed by atoms with Crippen molar-refractivity contribution in [3.05, 3.63) is 28.8 Å². The van der Waals surface area contributed by atoms with Crippen LogP contribution in [0.3, 0.4) is 0 Å². The van der Waals surface area contributed by atoms with Crippen LogP contribution in [0.15, 0.2) is 18.2 Å². The number of rotatable bonds is 3. The quantitative estimate of drug-likeness (QED) is 0.885. The molecule has 0 radical (unpaired) electrons. The van der Waals surface area contributed by atoms with E-state index in [2.05, 4.69) is 37.1 Å². The highest BCUT2D eigenvalue weighted by molar-refractivity contribution is 6.31. The van der Waals surface area contributed by atoms with Crippen molar-refractivity contribution in [1.82, 2.24) is 4.90 Å². The second kappa shape index (κ2) is 5.28. The predicted molar refractivity (Wildman–Crippen MR) is 74.9 cm³/mol. The lowest BCUT2D eigenvalue weighted by Crippen LogP contribution is -2.31. The zero-order valence-electron chi connectivity index (χ0n) is 10.8. The topological polar surface area (TPSA) is 15.3 Å². The van der Waals surface area contributed by atoms with Gasteiger partial charge in [0.05, 0.1) is 0 Å². The van der Waals surface area contributed by atoms with Crippen LogP contribution in [0, 0.1) is 6.92 Å². The molecule has 0 amide bonds. The van der Waals surface area contributed by atoms with Gasteiger partial charge in [-0.05, 0) is 44.9 Å². The molecule has 0 bridgehead atoms. The average molecular weight is 253 g/mol. The summed E-state index contributed by atoms with van der Waals surface area (Å²) >= 11 is 6.13. The Bertz CT molecular complexity index is 390. The molecule has 1 aromatic rings. The largest absolute Gasteiger partial charge is 0.381 e. The standard InChI is InChI=1S/C14H21ClN2/c1-10(2)17-8-7-12(9-17)16-14-6-4-5-13(15)11(14)3/h4-6,10,12,16H,7-9H2,1-3H3. The first kappa shape index (κ1) is 12.7. The third-order valence-electron chi connectivity index (χ3n) is 3.58. The summed E-state index contributed by atoms with van der Waals surface area (Å²) in [4.78, 5) is 2.51. The van der Waals surface area contributed by atoms with Crippen LogP contribution >= 0.6 is 11.6 Å². The first-order chi connectivity index (χ1) is 8.08. The highest BCUT2D eigenvalue weighted by Crippen LogP contribution is 2.25. The molecule has 1 aliphatic heterocycles. The Balaban J connectivity index is 2.00. The van der Waals surface area contributed by atoms with E-state index in [1.165, 1.54) is 18.7 Å². The minimum absolute atomic E-state index is 0.551. The third-order valence-corrected chi connectivity index (χ3v) is 3.99. The second-order valence-corrected chi connectivity index (χ2v) is 5.54. The molecule has 1 saturated heterocycles. The molecule has 1 aromatic carbocycles. The van der Waals surface area contributed by atoms with Gasteiger partial charge < -0.3 is 5.32 Å². The molecule has 0 saturated carbocycles. The van der Waals surface area contributed by atoms with Gasteiger partial charge in [-0.25, -0.2) is 0 Å². The SMILES string of the molecule is Cc1c(Cl)cccc1NC1CCN(C(C)C)C1. The van der Waals surface area contributed by atoms with Crippen LogP contribution < -0.4 is 5.32 Å². The van der Waals surface area contributed by atoms with Crippen molar-refractivity contribution in [2.75, 3.05) is 18.4 Å². The minimum atomic E-state index is 0.551. The Hall–Kier alpha value is -0.730. The van der Waals surface area contributed by atoms with Gasteiger partial charge in [0.1, 0.15) is 0 Å². The molecule has 94 valence electrons. The van der Waals surface area contributed by atoms with Crippen LogP contribution in [0.2, 0.25) is 5.02 Å². The maximum absolute atomic E-state index is 6.13. The van der Waals surface area contributed by atoms with Crippen molar-refractivity contribution in [3.8, 4) is 0 Å². The van der Waals surface area contributed by atoms with Gasteiger partial charge in [0.2, 0.25) is 0 Å². The smallest absolute Gasteiger partial charge is 0.0455 e. The van der Waals surface area contributed by atoms with E-state index in [1.54, 1.807) is 0 Å². The molecule has 1 unspecified atom stereocenters. The number of nitrogens with zero attached hydrogens (tertiary/aromatic N) is 1. The normalized spacial score (nSPS) is 21.1. The lowest BCUT2D eigenvalue weighted by Gasteiger charge is -2.21. The number of nitrogens with one attached hydrogen (secondary N) is 1. The monoisotopic (exact) mass is 252 g/mol. The molecule has 1 fully saturated rings. The zero-order valence-corrected chi connectivity index (χ0v) is 11.6. The van der Waals surface area contributed by atoms with Crippen molar-refractivity contribution < 1.29 is 0 Å². The fraction of sp³-hybridized carbons (Fsp3) is 0.571. The van der Waals surface area contributed by atoms with Gasteiger partial charge >= 0.3 is 0 Å². The highest BCUT2D eigenvalue weighted by Gasteiger charge is 2.24. The third kappa shape index (κ3) is 2.93. The second-order valence-electron chi connectivity index (χ2n) is 5.13. The molecule has 0 spiro atoms. The van der Waals surface area contributed by atoms with E-state index in [9.17, 15) is 0 Å². The first-order valence-electron chi connectivity index (χ1n) is 6.33. The van der Waals surface area contributed by atoms with Crippen LogP contribution in [0.4, 0.5) is 5.69 Å². The molecule has 0 aliphatic carbocycles. The van der Waals surface area contributed by atoms with Gasteiger partial charge in [-0.1, -0.05) is 17.7 Å². The van der Waals surface area contributed by atoms with Gasteiger partial charge in [-0.15, -0.1) is 0 Å². The maximum Gasteiger partial charge on any atom is 0.0455 e. The maximum atomic E-state index is 6.13.